The first-order chi connectivity index (χ1) is 9.06. The molecule has 4 heteroatoms. The molecule has 1 heterocycles. The van der Waals surface area contributed by atoms with Gasteiger partial charge < -0.3 is 15.5 Å². The summed E-state index contributed by atoms with van der Waals surface area (Å²) < 4.78 is 12.9. The molecule has 106 valence electrons. The van der Waals surface area contributed by atoms with Crippen molar-refractivity contribution in [1.29, 1.82) is 0 Å². The van der Waals surface area contributed by atoms with Gasteiger partial charge in [-0.15, -0.1) is 0 Å². The molecular formula is C15H24FN3. The minimum atomic E-state index is -0.209. The van der Waals surface area contributed by atoms with Gasteiger partial charge >= 0.3 is 0 Å². The van der Waals surface area contributed by atoms with Crippen LogP contribution < -0.4 is 5.73 Å². The Morgan fingerprint density at radius 1 is 1.32 bits per heavy atom. The highest BCUT2D eigenvalue weighted by atomic mass is 19.1. The summed E-state index contributed by atoms with van der Waals surface area (Å²) in [7, 11) is 4.31. The maximum absolute atomic E-state index is 12.9. The van der Waals surface area contributed by atoms with Gasteiger partial charge in [0.15, 0.2) is 0 Å². The monoisotopic (exact) mass is 265 g/mol. The number of halogens is 1. The van der Waals surface area contributed by atoms with Crippen LogP contribution in [0.2, 0.25) is 0 Å². The Kier molecular flexibility index (Phi) is 4.91. The molecule has 0 radical (unpaired) electrons. The van der Waals surface area contributed by atoms with Crippen LogP contribution in [0, 0.1) is 5.82 Å². The highest BCUT2D eigenvalue weighted by Crippen LogP contribution is 2.18. The molecule has 0 aliphatic carbocycles. The lowest BCUT2D eigenvalue weighted by molar-refractivity contribution is 0.139. The van der Waals surface area contributed by atoms with Crippen LogP contribution in [0.15, 0.2) is 24.3 Å². The molecule has 0 saturated carbocycles. The smallest absolute Gasteiger partial charge is 0.123 e. The predicted molar refractivity (Wildman–Crippen MR) is 76.5 cm³/mol. The van der Waals surface area contributed by atoms with Crippen molar-refractivity contribution in [3.63, 3.8) is 0 Å². The van der Waals surface area contributed by atoms with E-state index in [9.17, 15) is 4.39 Å². The Balaban J connectivity index is 1.87. The first-order valence-electron chi connectivity index (χ1n) is 6.96. The number of nitrogens with zero attached hydrogens (tertiary/aromatic N) is 2. The third kappa shape index (κ3) is 4.00. The van der Waals surface area contributed by atoms with Gasteiger partial charge in [-0.25, -0.2) is 4.39 Å². The van der Waals surface area contributed by atoms with E-state index in [1.54, 1.807) is 12.1 Å². The molecule has 2 N–H and O–H groups in total. The van der Waals surface area contributed by atoms with E-state index in [2.05, 4.69) is 23.9 Å². The Bertz CT molecular complexity index is 385. The van der Waals surface area contributed by atoms with Gasteiger partial charge in [-0.05, 0) is 57.7 Å². The van der Waals surface area contributed by atoms with Crippen molar-refractivity contribution < 1.29 is 4.39 Å². The van der Waals surface area contributed by atoms with E-state index in [0.29, 0.717) is 6.04 Å². The van der Waals surface area contributed by atoms with Crippen LogP contribution in [0.1, 0.15) is 24.4 Å². The summed E-state index contributed by atoms with van der Waals surface area (Å²) in [5, 5.41) is 0. The average molecular weight is 265 g/mol. The van der Waals surface area contributed by atoms with Crippen LogP contribution in [0.25, 0.3) is 0 Å². The summed E-state index contributed by atoms with van der Waals surface area (Å²) >= 11 is 0. The molecule has 0 amide bonds. The second-order valence-corrected chi connectivity index (χ2v) is 5.63. The standard InChI is InChI=1S/C15H24FN3/c1-18-9-7-14(8-10-18)19(2)11-15(17)12-3-5-13(16)6-4-12/h3-6,14-15H,7-11,17H2,1-2H3. The third-order valence-corrected chi connectivity index (χ3v) is 4.09. The second kappa shape index (κ2) is 6.46. The molecule has 19 heavy (non-hydrogen) atoms. The van der Waals surface area contributed by atoms with E-state index >= 15 is 0 Å². The van der Waals surface area contributed by atoms with Crippen molar-refractivity contribution in [2.24, 2.45) is 5.73 Å². The van der Waals surface area contributed by atoms with Crippen LogP contribution >= 0.6 is 0 Å². The van der Waals surface area contributed by atoms with Crippen molar-refractivity contribution in [2.75, 3.05) is 33.7 Å². The summed E-state index contributed by atoms with van der Waals surface area (Å²) in [6, 6.07) is 7.08. The predicted octanol–water partition coefficient (Wildman–Crippen LogP) is 1.85. The minimum absolute atomic E-state index is 0.0507. The number of benzene rings is 1. The van der Waals surface area contributed by atoms with Crippen LogP contribution in [0.5, 0.6) is 0 Å². The highest BCUT2D eigenvalue weighted by Gasteiger charge is 2.22. The van der Waals surface area contributed by atoms with Crippen LogP contribution in [-0.2, 0) is 0 Å². The summed E-state index contributed by atoms with van der Waals surface area (Å²) in [6.45, 7) is 3.13. The number of hydrogen-bond donors (Lipinski definition) is 1. The first kappa shape index (κ1) is 14.4. The fraction of sp³-hybridized carbons (Fsp3) is 0.600. The van der Waals surface area contributed by atoms with Gasteiger partial charge in [-0.2, -0.15) is 0 Å². The molecule has 1 saturated heterocycles. The molecule has 2 rings (SSSR count). The van der Waals surface area contributed by atoms with Crippen molar-refractivity contribution in [1.82, 2.24) is 9.80 Å². The lowest BCUT2D eigenvalue weighted by Crippen LogP contribution is -2.44. The molecule has 1 aliphatic heterocycles. The molecule has 1 atom stereocenters. The molecule has 1 aromatic rings. The minimum Gasteiger partial charge on any atom is -0.323 e. The lowest BCUT2D eigenvalue weighted by atomic mass is 10.0. The van der Waals surface area contributed by atoms with Gasteiger partial charge in [0.2, 0.25) is 0 Å². The molecule has 3 nitrogen and oxygen atoms in total. The number of hydrogen-bond acceptors (Lipinski definition) is 3. The summed E-state index contributed by atoms with van der Waals surface area (Å²) in [5.41, 5.74) is 7.21. The largest absolute Gasteiger partial charge is 0.323 e. The molecule has 0 spiro atoms. The molecule has 1 unspecified atom stereocenters. The maximum Gasteiger partial charge on any atom is 0.123 e. The normalized spacial score (nSPS) is 19.8. The lowest BCUT2D eigenvalue weighted by Gasteiger charge is -2.36. The van der Waals surface area contributed by atoms with Gasteiger partial charge in [0.1, 0.15) is 5.82 Å². The first-order valence-corrected chi connectivity index (χ1v) is 6.96. The van der Waals surface area contributed by atoms with E-state index in [1.807, 2.05) is 0 Å². The Morgan fingerprint density at radius 2 is 1.89 bits per heavy atom. The number of piperidine rings is 1. The fourth-order valence-corrected chi connectivity index (χ4v) is 2.71. The second-order valence-electron chi connectivity index (χ2n) is 5.63. The molecule has 0 aromatic heterocycles. The van der Waals surface area contributed by atoms with Crippen molar-refractivity contribution in [3.05, 3.63) is 35.6 Å². The molecular weight excluding hydrogens is 241 g/mol. The molecule has 1 fully saturated rings. The van der Waals surface area contributed by atoms with Crippen molar-refractivity contribution in [2.45, 2.75) is 24.9 Å². The van der Waals surface area contributed by atoms with E-state index in [1.165, 1.54) is 25.0 Å². The van der Waals surface area contributed by atoms with Crippen LogP contribution in [0.4, 0.5) is 4.39 Å². The fourth-order valence-electron chi connectivity index (χ4n) is 2.71. The number of rotatable bonds is 4. The summed E-state index contributed by atoms with van der Waals surface area (Å²) in [6.07, 6.45) is 2.40. The van der Waals surface area contributed by atoms with Crippen LogP contribution in [0.3, 0.4) is 0 Å². The SMILES string of the molecule is CN1CCC(N(C)CC(N)c2ccc(F)cc2)CC1. The van der Waals surface area contributed by atoms with Crippen LogP contribution in [-0.4, -0.2) is 49.6 Å². The number of likely N-dealkylation sites (N-methyl/N-ethyl adjacent to an activating group) is 1. The van der Waals surface area contributed by atoms with Crippen molar-refractivity contribution in [3.8, 4) is 0 Å². The summed E-state index contributed by atoms with van der Waals surface area (Å²) in [4.78, 5) is 4.71. The number of likely N-dealkylation sites (tertiary alicyclic amines) is 1. The zero-order chi connectivity index (χ0) is 13.8. The van der Waals surface area contributed by atoms with E-state index in [-0.39, 0.29) is 11.9 Å². The van der Waals surface area contributed by atoms with Gasteiger partial charge in [-0.3, -0.25) is 0 Å². The summed E-state index contributed by atoms with van der Waals surface area (Å²) in [5.74, 6) is -0.209. The zero-order valence-corrected chi connectivity index (χ0v) is 11.8. The van der Waals surface area contributed by atoms with E-state index in [4.69, 9.17) is 5.73 Å². The van der Waals surface area contributed by atoms with E-state index < -0.39 is 0 Å². The zero-order valence-electron chi connectivity index (χ0n) is 11.8. The van der Waals surface area contributed by atoms with Gasteiger partial charge in [0.25, 0.3) is 0 Å². The Hall–Kier alpha value is -0.970. The average Bonchev–Trinajstić information content (AvgIpc) is 2.40. The highest BCUT2D eigenvalue weighted by molar-refractivity contribution is 5.19. The van der Waals surface area contributed by atoms with E-state index in [0.717, 1.165) is 25.2 Å². The van der Waals surface area contributed by atoms with Gasteiger partial charge in [-0.1, -0.05) is 12.1 Å². The van der Waals surface area contributed by atoms with Gasteiger partial charge in [0.05, 0.1) is 0 Å². The Labute approximate surface area is 115 Å². The van der Waals surface area contributed by atoms with Gasteiger partial charge in [0, 0.05) is 18.6 Å². The molecule has 0 bridgehead atoms. The topological polar surface area (TPSA) is 32.5 Å². The quantitative estimate of drug-likeness (QED) is 0.902. The number of nitrogens with two attached hydrogens (primary N) is 1. The third-order valence-electron chi connectivity index (χ3n) is 4.09. The molecule has 1 aliphatic rings. The molecule has 1 aromatic carbocycles. The Morgan fingerprint density at radius 3 is 2.47 bits per heavy atom. The van der Waals surface area contributed by atoms with Crippen molar-refractivity contribution >= 4 is 0 Å². The maximum atomic E-state index is 12.9.